The van der Waals surface area contributed by atoms with Crippen molar-refractivity contribution in [2.24, 2.45) is 0 Å². The van der Waals surface area contributed by atoms with E-state index in [0.717, 1.165) is 0 Å². The second-order valence-electron chi connectivity index (χ2n) is 6.25. The SMILES string of the molecule is CCOC(=O)C1=CC2(CCC1S(=O)(=O)Cc1ccccc1Cl)OCCO2. The van der Waals surface area contributed by atoms with Gasteiger partial charge in [-0.25, -0.2) is 13.2 Å². The molecule has 0 amide bonds. The molecule has 1 spiro atoms. The molecular weight excluding hydrogens is 380 g/mol. The van der Waals surface area contributed by atoms with Gasteiger partial charge in [0.05, 0.1) is 36.4 Å². The molecule has 1 aliphatic heterocycles. The Bertz CT molecular complexity index is 811. The van der Waals surface area contributed by atoms with Gasteiger partial charge in [0.15, 0.2) is 15.6 Å². The number of benzene rings is 1. The van der Waals surface area contributed by atoms with Crippen LogP contribution in [0, 0.1) is 0 Å². The van der Waals surface area contributed by atoms with Gasteiger partial charge in [-0.05, 0) is 31.1 Å². The monoisotopic (exact) mass is 400 g/mol. The van der Waals surface area contributed by atoms with Crippen LogP contribution in [-0.2, 0) is 34.6 Å². The van der Waals surface area contributed by atoms with Crippen molar-refractivity contribution in [2.75, 3.05) is 19.8 Å². The zero-order valence-corrected chi connectivity index (χ0v) is 16.0. The van der Waals surface area contributed by atoms with Crippen LogP contribution in [0.1, 0.15) is 25.3 Å². The molecule has 3 rings (SSSR count). The fourth-order valence-electron chi connectivity index (χ4n) is 3.30. The van der Waals surface area contributed by atoms with Crippen molar-refractivity contribution in [3.05, 3.63) is 46.5 Å². The Labute approximate surface area is 158 Å². The van der Waals surface area contributed by atoms with Crippen molar-refractivity contribution in [3.63, 3.8) is 0 Å². The summed E-state index contributed by atoms with van der Waals surface area (Å²) in [5.74, 6) is -1.93. The zero-order valence-electron chi connectivity index (χ0n) is 14.4. The van der Waals surface area contributed by atoms with Crippen LogP contribution in [0.5, 0.6) is 0 Å². The van der Waals surface area contributed by atoms with Crippen LogP contribution in [0.4, 0.5) is 0 Å². The Balaban J connectivity index is 1.93. The molecule has 1 aromatic rings. The average molecular weight is 401 g/mol. The summed E-state index contributed by atoms with van der Waals surface area (Å²) in [5.41, 5.74) is 0.582. The van der Waals surface area contributed by atoms with E-state index in [1.54, 1.807) is 31.2 Å². The number of hydrogen-bond donors (Lipinski definition) is 0. The summed E-state index contributed by atoms with van der Waals surface area (Å²) >= 11 is 6.11. The summed E-state index contributed by atoms with van der Waals surface area (Å²) in [6.07, 6.45) is 2.07. The van der Waals surface area contributed by atoms with Gasteiger partial charge >= 0.3 is 5.97 Å². The molecule has 0 bridgehead atoms. The second kappa shape index (κ2) is 7.68. The van der Waals surface area contributed by atoms with Gasteiger partial charge in [0.2, 0.25) is 0 Å². The highest BCUT2D eigenvalue weighted by Crippen LogP contribution is 2.38. The number of hydrogen-bond acceptors (Lipinski definition) is 6. The molecule has 0 aromatic heterocycles. The summed E-state index contributed by atoms with van der Waals surface area (Å²) < 4.78 is 42.4. The van der Waals surface area contributed by atoms with Gasteiger partial charge in [0.1, 0.15) is 0 Å². The first kappa shape index (κ1) is 19.4. The Morgan fingerprint density at radius 1 is 1.31 bits per heavy atom. The van der Waals surface area contributed by atoms with Gasteiger partial charge in [-0.15, -0.1) is 0 Å². The highest BCUT2D eigenvalue weighted by Gasteiger charge is 2.45. The molecule has 2 aliphatic rings. The first-order valence-corrected chi connectivity index (χ1v) is 10.6. The third kappa shape index (κ3) is 3.96. The molecule has 1 atom stereocenters. The number of sulfone groups is 1. The summed E-state index contributed by atoms with van der Waals surface area (Å²) in [6.45, 7) is 2.64. The van der Waals surface area contributed by atoms with E-state index in [0.29, 0.717) is 30.2 Å². The maximum atomic E-state index is 13.0. The molecule has 1 aliphatic carbocycles. The molecule has 1 heterocycles. The number of rotatable bonds is 5. The summed E-state index contributed by atoms with van der Waals surface area (Å²) in [7, 11) is -3.68. The highest BCUT2D eigenvalue weighted by atomic mass is 35.5. The fraction of sp³-hybridized carbons (Fsp3) is 0.500. The molecule has 0 N–H and O–H groups in total. The van der Waals surface area contributed by atoms with Crippen molar-refractivity contribution >= 4 is 27.4 Å². The lowest BCUT2D eigenvalue weighted by Crippen LogP contribution is -2.40. The Kier molecular flexibility index (Phi) is 5.72. The van der Waals surface area contributed by atoms with Crippen LogP contribution in [0.2, 0.25) is 5.02 Å². The van der Waals surface area contributed by atoms with E-state index in [1.807, 2.05) is 0 Å². The standard InChI is InChI=1S/C18H21ClO6S/c1-2-23-17(20)14-11-18(24-9-10-25-18)8-7-16(14)26(21,22)12-13-5-3-4-6-15(13)19/h3-6,11,16H,2,7-10,12H2,1H3. The zero-order chi connectivity index (χ0) is 18.8. The molecular formula is C18H21ClO6S. The van der Waals surface area contributed by atoms with Gasteiger partial charge in [-0.2, -0.15) is 0 Å². The lowest BCUT2D eigenvalue weighted by molar-refractivity contribution is -0.143. The first-order chi connectivity index (χ1) is 12.4. The second-order valence-corrected chi connectivity index (χ2v) is 8.85. The van der Waals surface area contributed by atoms with E-state index < -0.39 is 26.8 Å². The van der Waals surface area contributed by atoms with E-state index in [-0.39, 0.29) is 24.4 Å². The minimum atomic E-state index is -3.68. The van der Waals surface area contributed by atoms with Gasteiger partial charge in [-0.3, -0.25) is 0 Å². The Morgan fingerprint density at radius 3 is 2.65 bits per heavy atom. The smallest absolute Gasteiger partial charge is 0.335 e. The van der Waals surface area contributed by atoms with E-state index >= 15 is 0 Å². The number of esters is 1. The molecule has 1 fully saturated rings. The van der Waals surface area contributed by atoms with E-state index in [1.165, 1.54) is 6.08 Å². The average Bonchev–Trinajstić information content (AvgIpc) is 3.04. The maximum absolute atomic E-state index is 13.0. The van der Waals surface area contributed by atoms with Crippen molar-refractivity contribution in [1.29, 1.82) is 0 Å². The van der Waals surface area contributed by atoms with E-state index in [2.05, 4.69) is 0 Å². The van der Waals surface area contributed by atoms with Crippen LogP contribution in [0.25, 0.3) is 0 Å². The quantitative estimate of drug-likeness (QED) is 0.707. The third-order valence-corrected chi connectivity index (χ3v) is 6.95. The van der Waals surface area contributed by atoms with E-state index in [4.69, 9.17) is 25.8 Å². The van der Waals surface area contributed by atoms with Crippen LogP contribution >= 0.6 is 11.6 Å². The lowest BCUT2D eigenvalue weighted by Gasteiger charge is -2.33. The maximum Gasteiger partial charge on any atom is 0.335 e. The van der Waals surface area contributed by atoms with Gasteiger partial charge < -0.3 is 14.2 Å². The lowest BCUT2D eigenvalue weighted by atomic mass is 9.94. The Morgan fingerprint density at radius 2 is 2.00 bits per heavy atom. The van der Waals surface area contributed by atoms with Gasteiger partial charge in [-0.1, -0.05) is 29.8 Å². The van der Waals surface area contributed by atoms with Gasteiger partial charge in [0.25, 0.3) is 0 Å². The number of halogens is 1. The molecule has 1 saturated heterocycles. The van der Waals surface area contributed by atoms with Crippen LogP contribution < -0.4 is 0 Å². The minimum Gasteiger partial charge on any atom is -0.463 e. The number of carbonyl (C=O) groups excluding carboxylic acids is 1. The minimum absolute atomic E-state index is 0.0760. The van der Waals surface area contributed by atoms with Crippen LogP contribution in [0.3, 0.4) is 0 Å². The van der Waals surface area contributed by atoms with Crippen LogP contribution in [-0.4, -0.2) is 45.2 Å². The number of ether oxygens (including phenoxy) is 3. The summed E-state index contributed by atoms with van der Waals surface area (Å²) in [4.78, 5) is 12.4. The molecule has 0 radical (unpaired) electrons. The molecule has 1 unspecified atom stereocenters. The molecule has 26 heavy (non-hydrogen) atoms. The normalized spacial score (nSPS) is 22.2. The number of carbonyl (C=O) groups is 1. The third-order valence-electron chi connectivity index (χ3n) is 4.51. The summed E-state index contributed by atoms with van der Waals surface area (Å²) in [6, 6.07) is 6.78. The molecule has 6 nitrogen and oxygen atoms in total. The summed E-state index contributed by atoms with van der Waals surface area (Å²) in [5, 5.41) is -0.594. The van der Waals surface area contributed by atoms with Crippen molar-refractivity contribution in [1.82, 2.24) is 0 Å². The largest absolute Gasteiger partial charge is 0.463 e. The topological polar surface area (TPSA) is 78.9 Å². The van der Waals surface area contributed by atoms with Crippen LogP contribution in [0.15, 0.2) is 35.9 Å². The predicted octanol–water partition coefficient (Wildman–Crippen LogP) is 2.65. The van der Waals surface area contributed by atoms with Crippen molar-refractivity contribution in [3.8, 4) is 0 Å². The Hall–Kier alpha value is -1.41. The molecule has 1 aromatic carbocycles. The van der Waals surface area contributed by atoms with E-state index in [9.17, 15) is 13.2 Å². The van der Waals surface area contributed by atoms with Crippen molar-refractivity contribution < 1.29 is 27.4 Å². The molecule has 142 valence electrons. The fourth-order valence-corrected chi connectivity index (χ4v) is 5.49. The first-order valence-electron chi connectivity index (χ1n) is 8.50. The van der Waals surface area contributed by atoms with Gasteiger partial charge in [0, 0.05) is 11.4 Å². The predicted molar refractivity (Wildman–Crippen MR) is 96.4 cm³/mol. The van der Waals surface area contributed by atoms with Crippen molar-refractivity contribution in [2.45, 2.75) is 36.6 Å². The molecule has 0 saturated carbocycles. The highest BCUT2D eigenvalue weighted by molar-refractivity contribution is 7.91. The molecule has 8 heteroatoms.